The van der Waals surface area contributed by atoms with Gasteiger partial charge in [-0.1, -0.05) is 6.92 Å². The summed E-state index contributed by atoms with van der Waals surface area (Å²) in [4.78, 5) is 1.28. The Balaban J connectivity index is 2.92. The Morgan fingerprint density at radius 2 is 2.62 bits per heavy atom. The fourth-order valence-corrected chi connectivity index (χ4v) is 0.518. The Morgan fingerprint density at radius 3 is 2.88 bits per heavy atom. The number of nitrogen functional groups attached to an aromatic ring is 1. The summed E-state index contributed by atoms with van der Waals surface area (Å²) in [5.74, 6) is 5.29. The summed E-state index contributed by atoms with van der Waals surface area (Å²) in [6, 6.07) is 0. The monoisotopic (exact) mass is 112 g/mol. The number of hydrogen-bond donors (Lipinski definition) is 1. The molecule has 0 aliphatic heterocycles. The van der Waals surface area contributed by atoms with E-state index in [-0.39, 0.29) is 0 Å². The highest BCUT2D eigenvalue weighted by Gasteiger charge is 1.92. The van der Waals surface area contributed by atoms with Gasteiger partial charge in [0.05, 0.1) is 11.9 Å². The normalized spacial score (nSPS) is 9.62. The Hall–Kier alpha value is -1.06. The molecule has 0 aliphatic rings. The van der Waals surface area contributed by atoms with Crippen molar-refractivity contribution in [2.75, 3.05) is 5.84 Å². The van der Waals surface area contributed by atoms with Gasteiger partial charge < -0.3 is 5.84 Å². The van der Waals surface area contributed by atoms with Crippen LogP contribution in [0.2, 0.25) is 0 Å². The van der Waals surface area contributed by atoms with Crippen molar-refractivity contribution in [3.8, 4) is 0 Å². The third-order valence-electron chi connectivity index (χ3n) is 1.01. The quantitative estimate of drug-likeness (QED) is 0.501. The molecule has 0 radical (unpaired) electrons. The Morgan fingerprint density at radius 1 is 1.88 bits per heavy atom. The molecule has 0 unspecified atom stereocenters. The van der Waals surface area contributed by atoms with E-state index in [1.165, 1.54) is 4.79 Å². The average Bonchev–Trinajstić information content (AvgIpc) is 2.14. The van der Waals surface area contributed by atoms with E-state index in [0.717, 1.165) is 12.1 Å². The van der Waals surface area contributed by atoms with Crippen molar-refractivity contribution in [2.24, 2.45) is 0 Å². The smallest absolute Gasteiger partial charge is 0.0817 e. The molecule has 44 valence electrons. The Labute approximate surface area is 47.3 Å². The average molecular weight is 112 g/mol. The maximum absolute atomic E-state index is 5.29. The molecule has 1 aromatic rings. The lowest BCUT2D eigenvalue weighted by Crippen LogP contribution is -2.13. The molecule has 0 saturated heterocycles. The van der Waals surface area contributed by atoms with E-state index in [4.69, 9.17) is 5.84 Å². The number of nitrogens with two attached hydrogens (primary N) is 1. The van der Waals surface area contributed by atoms with Gasteiger partial charge in [-0.3, -0.25) is 0 Å². The van der Waals surface area contributed by atoms with Crippen LogP contribution in [0.5, 0.6) is 0 Å². The number of rotatable bonds is 1. The zero-order chi connectivity index (χ0) is 5.98. The molecule has 1 aromatic heterocycles. The molecule has 0 atom stereocenters. The SMILES string of the molecule is CCc1cnnn1N. The van der Waals surface area contributed by atoms with Crippen molar-refractivity contribution < 1.29 is 0 Å². The van der Waals surface area contributed by atoms with Gasteiger partial charge in [0.25, 0.3) is 0 Å². The van der Waals surface area contributed by atoms with Crippen LogP contribution >= 0.6 is 0 Å². The van der Waals surface area contributed by atoms with E-state index in [2.05, 4.69) is 10.3 Å². The molecule has 0 amide bonds. The highest BCUT2D eigenvalue weighted by molar-refractivity contribution is 4.91. The molecular formula is C4H8N4. The second-order valence-electron chi connectivity index (χ2n) is 1.52. The maximum Gasteiger partial charge on any atom is 0.0817 e. The Bertz CT molecular complexity index is 168. The molecule has 0 bridgehead atoms. The van der Waals surface area contributed by atoms with Crippen molar-refractivity contribution in [2.45, 2.75) is 13.3 Å². The summed E-state index contributed by atoms with van der Waals surface area (Å²) in [6.07, 6.45) is 2.53. The van der Waals surface area contributed by atoms with Crippen molar-refractivity contribution >= 4 is 0 Å². The van der Waals surface area contributed by atoms with E-state index in [9.17, 15) is 0 Å². The third-order valence-corrected chi connectivity index (χ3v) is 1.01. The molecule has 0 aromatic carbocycles. The minimum atomic E-state index is 0.878. The molecule has 0 spiro atoms. The lowest BCUT2D eigenvalue weighted by molar-refractivity contribution is 0.730. The minimum absolute atomic E-state index is 0.878. The lowest BCUT2D eigenvalue weighted by Gasteiger charge is -1.90. The van der Waals surface area contributed by atoms with Crippen molar-refractivity contribution in [3.05, 3.63) is 11.9 Å². The van der Waals surface area contributed by atoms with Gasteiger partial charge in [-0.25, -0.2) is 0 Å². The molecule has 0 fully saturated rings. The van der Waals surface area contributed by atoms with Crippen LogP contribution in [0.1, 0.15) is 12.6 Å². The van der Waals surface area contributed by atoms with Crippen molar-refractivity contribution in [3.63, 3.8) is 0 Å². The van der Waals surface area contributed by atoms with Crippen LogP contribution in [0.15, 0.2) is 6.20 Å². The summed E-state index contributed by atoms with van der Waals surface area (Å²) < 4.78 is 0. The maximum atomic E-state index is 5.29. The van der Waals surface area contributed by atoms with Crippen molar-refractivity contribution in [1.82, 2.24) is 15.1 Å². The van der Waals surface area contributed by atoms with Gasteiger partial charge in [0.1, 0.15) is 0 Å². The van der Waals surface area contributed by atoms with Gasteiger partial charge >= 0.3 is 0 Å². The summed E-state index contributed by atoms with van der Waals surface area (Å²) in [5.41, 5.74) is 0.949. The molecule has 1 rings (SSSR count). The minimum Gasteiger partial charge on any atom is -0.322 e. The topological polar surface area (TPSA) is 56.7 Å². The van der Waals surface area contributed by atoms with Gasteiger partial charge in [-0.05, 0) is 11.6 Å². The molecular weight excluding hydrogens is 104 g/mol. The third kappa shape index (κ3) is 0.641. The highest BCUT2D eigenvalue weighted by Crippen LogP contribution is 1.89. The van der Waals surface area contributed by atoms with E-state index in [1.807, 2.05) is 6.92 Å². The fourth-order valence-electron chi connectivity index (χ4n) is 0.518. The van der Waals surface area contributed by atoms with Gasteiger partial charge in [-0.2, -0.15) is 4.79 Å². The first-order valence-electron chi connectivity index (χ1n) is 2.49. The number of hydrogen-bond acceptors (Lipinski definition) is 3. The molecule has 0 saturated carbocycles. The molecule has 4 nitrogen and oxygen atoms in total. The standard InChI is InChI=1S/C4H8N4/c1-2-4-3-6-7-8(4)5/h3H,2,5H2,1H3. The summed E-state index contributed by atoms with van der Waals surface area (Å²) in [7, 11) is 0. The summed E-state index contributed by atoms with van der Waals surface area (Å²) in [5, 5.41) is 7.11. The van der Waals surface area contributed by atoms with Crippen LogP contribution in [0.4, 0.5) is 0 Å². The zero-order valence-electron chi connectivity index (χ0n) is 4.70. The summed E-state index contributed by atoms with van der Waals surface area (Å²) >= 11 is 0. The van der Waals surface area contributed by atoms with Crippen molar-refractivity contribution in [1.29, 1.82) is 0 Å². The highest BCUT2D eigenvalue weighted by atomic mass is 15.6. The van der Waals surface area contributed by atoms with Gasteiger partial charge in [0.2, 0.25) is 0 Å². The van der Waals surface area contributed by atoms with Gasteiger partial charge in [0.15, 0.2) is 0 Å². The van der Waals surface area contributed by atoms with Gasteiger partial charge in [0, 0.05) is 0 Å². The number of nitrogens with zero attached hydrogens (tertiary/aromatic N) is 3. The predicted molar refractivity (Wildman–Crippen MR) is 29.6 cm³/mol. The van der Waals surface area contributed by atoms with Crippen LogP contribution in [0, 0.1) is 0 Å². The van der Waals surface area contributed by atoms with Crippen LogP contribution in [0.25, 0.3) is 0 Å². The van der Waals surface area contributed by atoms with Crippen LogP contribution < -0.4 is 5.84 Å². The van der Waals surface area contributed by atoms with E-state index >= 15 is 0 Å². The van der Waals surface area contributed by atoms with E-state index in [1.54, 1.807) is 6.20 Å². The second-order valence-corrected chi connectivity index (χ2v) is 1.52. The second kappa shape index (κ2) is 1.81. The molecule has 4 heteroatoms. The number of aromatic nitrogens is 3. The van der Waals surface area contributed by atoms with Crippen LogP contribution in [-0.2, 0) is 6.42 Å². The van der Waals surface area contributed by atoms with Gasteiger partial charge in [-0.15, -0.1) is 5.10 Å². The number of aryl methyl sites for hydroxylation is 1. The first-order chi connectivity index (χ1) is 3.84. The Kier molecular flexibility index (Phi) is 1.15. The molecule has 2 N–H and O–H groups in total. The first kappa shape index (κ1) is 5.08. The first-order valence-corrected chi connectivity index (χ1v) is 2.49. The predicted octanol–water partition coefficient (Wildman–Crippen LogP) is -0.446. The zero-order valence-corrected chi connectivity index (χ0v) is 4.70. The van der Waals surface area contributed by atoms with E-state index < -0.39 is 0 Å². The molecule has 8 heavy (non-hydrogen) atoms. The van der Waals surface area contributed by atoms with Crippen LogP contribution in [0.3, 0.4) is 0 Å². The molecule has 1 heterocycles. The largest absolute Gasteiger partial charge is 0.322 e. The summed E-state index contributed by atoms with van der Waals surface area (Å²) in [6.45, 7) is 2.00. The van der Waals surface area contributed by atoms with Crippen LogP contribution in [-0.4, -0.2) is 15.1 Å². The fraction of sp³-hybridized carbons (Fsp3) is 0.500. The van der Waals surface area contributed by atoms with E-state index in [0.29, 0.717) is 0 Å². The molecule has 0 aliphatic carbocycles. The lowest BCUT2D eigenvalue weighted by atomic mass is 10.4.